The molecule has 0 spiro atoms. The molecular formula is C35H45FN4O3. The van der Waals surface area contributed by atoms with Crippen molar-refractivity contribution in [3.8, 4) is 11.5 Å². The van der Waals surface area contributed by atoms with Crippen LogP contribution in [0.25, 0.3) is 0 Å². The van der Waals surface area contributed by atoms with Gasteiger partial charge >= 0.3 is 0 Å². The SMILES string of the molecule is CCN1CCN(c2cccc3c2CN([C@H](CCCN(C)Cc2ccc(F)cc2)c2ccc(OC)c(OC)c2)C3C=O)CC1. The van der Waals surface area contributed by atoms with Crippen LogP contribution in [-0.4, -0.2) is 81.5 Å². The number of fused-ring (bicyclic) bond motifs is 1. The second kappa shape index (κ2) is 14.3. The fraction of sp³-hybridized carbons (Fsp3) is 0.457. The van der Waals surface area contributed by atoms with E-state index in [0.29, 0.717) is 18.0 Å². The molecule has 0 amide bonds. The maximum atomic E-state index is 13.4. The molecule has 8 heteroatoms. The van der Waals surface area contributed by atoms with Crippen molar-refractivity contribution < 1.29 is 18.7 Å². The Morgan fingerprint density at radius 1 is 1.00 bits per heavy atom. The van der Waals surface area contributed by atoms with E-state index in [1.165, 1.54) is 23.4 Å². The van der Waals surface area contributed by atoms with Gasteiger partial charge in [-0.3, -0.25) is 4.90 Å². The summed E-state index contributed by atoms with van der Waals surface area (Å²) in [7, 11) is 5.40. The lowest BCUT2D eigenvalue weighted by atomic mass is 9.98. The van der Waals surface area contributed by atoms with Gasteiger partial charge in [0, 0.05) is 51.0 Å². The van der Waals surface area contributed by atoms with Gasteiger partial charge in [-0.15, -0.1) is 0 Å². The Labute approximate surface area is 255 Å². The summed E-state index contributed by atoms with van der Waals surface area (Å²) >= 11 is 0. The van der Waals surface area contributed by atoms with Crippen molar-refractivity contribution in [2.45, 2.75) is 44.9 Å². The van der Waals surface area contributed by atoms with E-state index in [2.05, 4.69) is 63.9 Å². The standard InChI is InChI=1S/C35H45FN4O3/c1-5-38-18-20-39(21-19-38)32-9-6-8-29-30(32)24-40(33(29)25-41)31(27-13-16-34(42-3)35(22-27)43-4)10-7-17-37(2)23-26-11-14-28(36)15-12-26/h6,8-9,11-16,22,25,31,33H,5,7,10,17-21,23-24H2,1-4H3/t31-,33?/m1/s1. The predicted molar refractivity (Wildman–Crippen MR) is 169 cm³/mol. The van der Waals surface area contributed by atoms with Gasteiger partial charge in [0.2, 0.25) is 0 Å². The smallest absolute Gasteiger partial charge is 0.161 e. The van der Waals surface area contributed by atoms with Crippen molar-refractivity contribution in [2.75, 3.05) is 65.4 Å². The van der Waals surface area contributed by atoms with Crippen LogP contribution in [0.15, 0.2) is 60.7 Å². The highest BCUT2D eigenvalue weighted by atomic mass is 19.1. The second-order valence-corrected chi connectivity index (χ2v) is 11.7. The zero-order valence-corrected chi connectivity index (χ0v) is 26.0. The van der Waals surface area contributed by atoms with Crippen LogP contribution >= 0.6 is 0 Å². The van der Waals surface area contributed by atoms with Gasteiger partial charge in [-0.05, 0) is 85.6 Å². The quantitative estimate of drug-likeness (QED) is 0.238. The molecule has 2 heterocycles. The number of piperazine rings is 1. The van der Waals surface area contributed by atoms with Crippen LogP contribution in [0.3, 0.4) is 0 Å². The van der Waals surface area contributed by atoms with Gasteiger partial charge in [0.05, 0.1) is 20.3 Å². The van der Waals surface area contributed by atoms with E-state index in [1.807, 2.05) is 18.2 Å². The van der Waals surface area contributed by atoms with E-state index in [0.717, 1.165) is 81.6 Å². The topological polar surface area (TPSA) is 48.5 Å². The summed E-state index contributed by atoms with van der Waals surface area (Å²) in [5, 5.41) is 0. The molecule has 2 aliphatic rings. The van der Waals surface area contributed by atoms with Gasteiger partial charge in [0.1, 0.15) is 12.1 Å². The minimum absolute atomic E-state index is 0.00594. The Morgan fingerprint density at radius 2 is 1.74 bits per heavy atom. The van der Waals surface area contributed by atoms with Crippen LogP contribution in [-0.2, 0) is 17.9 Å². The molecule has 7 nitrogen and oxygen atoms in total. The number of rotatable bonds is 13. The third kappa shape index (κ3) is 7.03. The highest BCUT2D eigenvalue weighted by Gasteiger charge is 2.37. The summed E-state index contributed by atoms with van der Waals surface area (Å²) in [4.78, 5) is 22.4. The largest absolute Gasteiger partial charge is 0.493 e. The molecule has 0 N–H and O–H groups in total. The molecule has 1 saturated heterocycles. The number of nitrogens with zero attached hydrogens (tertiary/aromatic N) is 4. The fourth-order valence-corrected chi connectivity index (χ4v) is 6.68. The lowest BCUT2D eigenvalue weighted by Gasteiger charge is -2.36. The zero-order chi connectivity index (χ0) is 30.3. The number of likely N-dealkylation sites (N-methyl/N-ethyl adjacent to an activating group) is 1. The predicted octanol–water partition coefficient (Wildman–Crippen LogP) is 5.69. The Kier molecular flexibility index (Phi) is 10.3. The van der Waals surface area contributed by atoms with Gasteiger partial charge in [-0.1, -0.05) is 37.3 Å². The highest BCUT2D eigenvalue weighted by molar-refractivity contribution is 5.70. The first-order valence-electron chi connectivity index (χ1n) is 15.4. The summed E-state index contributed by atoms with van der Waals surface area (Å²) < 4.78 is 24.6. The summed E-state index contributed by atoms with van der Waals surface area (Å²) in [6.07, 6.45) is 2.91. The molecule has 1 unspecified atom stereocenters. The molecule has 2 atom stereocenters. The summed E-state index contributed by atoms with van der Waals surface area (Å²) in [6, 6.07) is 19.0. The third-order valence-electron chi connectivity index (χ3n) is 9.07. The highest BCUT2D eigenvalue weighted by Crippen LogP contribution is 2.45. The van der Waals surface area contributed by atoms with E-state index in [1.54, 1.807) is 14.2 Å². The molecule has 230 valence electrons. The number of carbonyl (C=O) groups is 1. The lowest BCUT2D eigenvalue weighted by Crippen LogP contribution is -2.46. The molecule has 43 heavy (non-hydrogen) atoms. The molecule has 0 saturated carbocycles. The van der Waals surface area contributed by atoms with E-state index >= 15 is 0 Å². The van der Waals surface area contributed by atoms with E-state index in [-0.39, 0.29) is 17.9 Å². The first-order chi connectivity index (χ1) is 20.9. The summed E-state index contributed by atoms with van der Waals surface area (Å²) in [6.45, 7) is 9.74. The number of ether oxygens (including phenoxy) is 2. The Balaban J connectivity index is 1.39. The molecule has 5 rings (SSSR count). The van der Waals surface area contributed by atoms with Crippen molar-refractivity contribution in [3.63, 3.8) is 0 Å². The maximum absolute atomic E-state index is 13.4. The lowest BCUT2D eigenvalue weighted by molar-refractivity contribution is -0.113. The van der Waals surface area contributed by atoms with Crippen LogP contribution in [0.5, 0.6) is 11.5 Å². The molecule has 0 aliphatic carbocycles. The number of carbonyl (C=O) groups excluding carboxylic acids is 1. The van der Waals surface area contributed by atoms with Crippen LogP contribution < -0.4 is 14.4 Å². The zero-order valence-electron chi connectivity index (χ0n) is 26.0. The van der Waals surface area contributed by atoms with Crippen molar-refractivity contribution in [3.05, 3.63) is 88.7 Å². The van der Waals surface area contributed by atoms with E-state index < -0.39 is 0 Å². The second-order valence-electron chi connectivity index (χ2n) is 11.7. The molecule has 2 aliphatic heterocycles. The molecule has 3 aromatic carbocycles. The molecule has 0 radical (unpaired) electrons. The van der Waals surface area contributed by atoms with Crippen LogP contribution in [0, 0.1) is 5.82 Å². The van der Waals surface area contributed by atoms with E-state index in [9.17, 15) is 9.18 Å². The molecule has 0 bridgehead atoms. The fourth-order valence-electron chi connectivity index (χ4n) is 6.68. The molecule has 0 aromatic heterocycles. The number of methoxy groups -OCH3 is 2. The van der Waals surface area contributed by atoms with Gasteiger partial charge in [0.25, 0.3) is 0 Å². The number of anilines is 1. The molecular weight excluding hydrogens is 543 g/mol. The first-order valence-corrected chi connectivity index (χ1v) is 15.4. The number of hydrogen-bond donors (Lipinski definition) is 0. The van der Waals surface area contributed by atoms with Gasteiger partial charge in [-0.2, -0.15) is 0 Å². The van der Waals surface area contributed by atoms with Crippen molar-refractivity contribution in [2.24, 2.45) is 0 Å². The minimum Gasteiger partial charge on any atom is -0.493 e. The average Bonchev–Trinajstić information content (AvgIpc) is 3.42. The van der Waals surface area contributed by atoms with Gasteiger partial charge in [-0.25, -0.2) is 4.39 Å². The third-order valence-corrected chi connectivity index (χ3v) is 9.07. The van der Waals surface area contributed by atoms with Crippen molar-refractivity contribution in [1.29, 1.82) is 0 Å². The number of aldehydes is 1. The summed E-state index contributed by atoms with van der Waals surface area (Å²) in [5.74, 6) is 1.16. The van der Waals surface area contributed by atoms with Crippen LogP contribution in [0.2, 0.25) is 0 Å². The summed E-state index contributed by atoms with van der Waals surface area (Å²) in [5.41, 5.74) is 5.83. The Bertz CT molecular complexity index is 1360. The molecule has 1 fully saturated rings. The monoisotopic (exact) mass is 588 g/mol. The van der Waals surface area contributed by atoms with Crippen LogP contribution in [0.4, 0.5) is 10.1 Å². The first kappa shape index (κ1) is 31.0. The number of halogens is 1. The van der Waals surface area contributed by atoms with Crippen LogP contribution in [0.1, 0.15) is 54.1 Å². The Morgan fingerprint density at radius 3 is 2.42 bits per heavy atom. The number of benzene rings is 3. The van der Waals surface area contributed by atoms with Crippen molar-refractivity contribution in [1.82, 2.24) is 14.7 Å². The van der Waals surface area contributed by atoms with E-state index in [4.69, 9.17) is 9.47 Å². The van der Waals surface area contributed by atoms with Gasteiger partial charge in [0.15, 0.2) is 11.5 Å². The van der Waals surface area contributed by atoms with Crippen molar-refractivity contribution >= 4 is 12.0 Å². The Hall–Kier alpha value is -3.46. The van der Waals surface area contributed by atoms with Gasteiger partial charge < -0.3 is 29.0 Å². The average molecular weight is 589 g/mol. The number of hydrogen-bond acceptors (Lipinski definition) is 7. The molecule has 3 aromatic rings. The maximum Gasteiger partial charge on any atom is 0.161 e. The minimum atomic E-state index is -0.318. The normalized spacial score (nSPS) is 18.1.